The summed E-state index contributed by atoms with van der Waals surface area (Å²) in [6.45, 7) is 5.74. The van der Waals surface area contributed by atoms with Gasteiger partial charge in [0.1, 0.15) is 12.6 Å². The van der Waals surface area contributed by atoms with Crippen LogP contribution in [0.15, 0.2) is 114 Å². The predicted molar refractivity (Wildman–Crippen MR) is 166 cm³/mol. The van der Waals surface area contributed by atoms with E-state index in [0.717, 1.165) is 26.6 Å². The second kappa shape index (κ2) is 14.0. The number of carbonyl (C=O) groups is 2. The van der Waals surface area contributed by atoms with Crippen LogP contribution in [0.4, 0.5) is 5.69 Å². The first-order chi connectivity index (χ1) is 20.2. The number of hydrogen-bond donors (Lipinski definition) is 1. The number of anilines is 1. The third kappa shape index (κ3) is 7.64. The fourth-order valence-electron chi connectivity index (χ4n) is 4.77. The average Bonchev–Trinajstić information content (AvgIpc) is 2.99. The van der Waals surface area contributed by atoms with E-state index in [4.69, 9.17) is 0 Å². The van der Waals surface area contributed by atoms with Crippen molar-refractivity contribution in [2.45, 2.75) is 44.7 Å². The van der Waals surface area contributed by atoms with E-state index < -0.39 is 28.5 Å². The Kier molecular flexibility index (Phi) is 10.1. The molecule has 1 N–H and O–H groups in total. The lowest BCUT2D eigenvalue weighted by Crippen LogP contribution is -2.53. The Balaban J connectivity index is 1.78. The van der Waals surface area contributed by atoms with Crippen molar-refractivity contribution in [2.75, 3.05) is 17.4 Å². The molecule has 42 heavy (non-hydrogen) atoms. The Morgan fingerprint density at radius 3 is 2.02 bits per heavy atom. The predicted octanol–water partition coefficient (Wildman–Crippen LogP) is 5.27. The lowest BCUT2D eigenvalue weighted by molar-refractivity contribution is -0.140. The number of sulfonamides is 1. The second-order valence-corrected chi connectivity index (χ2v) is 12.1. The zero-order valence-electron chi connectivity index (χ0n) is 24.2. The minimum Gasteiger partial charge on any atom is -0.355 e. The van der Waals surface area contributed by atoms with Crippen LogP contribution in [0.5, 0.6) is 0 Å². The van der Waals surface area contributed by atoms with Gasteiger partial charge < -0.3 is 10.2 Å². The highest BCUT2D eigenvalue weighted by molar-refractivity contribution is 7.92. The number of nitrogens with zero attached hydrogens (tertiary/aromatic N) is 2. The van der Waals surface area contributed by atoms with Crippen molar-refractivity contribution in [3.8, 4) is 0 Å². The number of likely N-dealkylation sites (N-methyl/N-ethyl adjacent to an activating group) is 1. The number of amides is 2. The molecule has 8 heteroatoms. The smallest absolute Gasteiger partial charge is 0.264 e. The molecule has 0 bridgehead atoms. The summed E-state index contributed by atoms with van der Waals surface area (Å²) >= 11 is 0. The van der Waals surface area contributed by atoms with Crippen LogP contribution in [0, 0.1) is 13.8 Å². The van der Waals surface area contributed by atoms with Gasteiger partial charge in [0.25, 0.3) is 10.0 Å². The van der Waals surface area contributed by atoms with Crippen LogP contribution in [-0.4, -0.2) is 44.3 Å². The highest BCUT2D eigenvalue weighted by Crippen LogP contribution is 2.26. The van der Waals surface area contributed by atoms with Gasteiger partial charge >= 0.3 is 0 Å². The quantitative estimate of drug-likeness (QED) is 0.246. The Morgan fingerprint density at radius 1 is 0.762 bits per heavy atom. The molecular weight excluding hydrogens is 546 g/mol. The zero-order valence-corrected chi connectivity index (χ0v) is 25.1. The van der Waals surface area contributed by atoms with E-state index >= 15 is 0 Å². The Labute approximate surface area is 248 Å². The summed E-state index contributed by atoms with van der Waals surface area (Å²) in [6, 6.07) is 31.5. The van der Waals surface area contributed by atoms with Crippen molar-refractivity contribution in [1.29, 1.82) is 0 Å². The van der Waals surface area contributed by atoms with Crippen molar-refractivity contribution in [3.63, 3.8) is 0 Å². The molecule has 7 nitrogen and oxygen atoms in total. The Hall–Kier alpha value is -4.43. The van der Waals surface area contributed by atoms with E-state index in [1.165, 1.54) is 17.0 Å². The molecule has 0 aliphatic heterocycles. The maximum Gasteiger partial charge on any atom is 0.264 e. The molecule has 2 amide bonds. The van der Waals surface area contributed by atoms with Gasteiger partial charge in [-0.25, -0.2) is 8.42 Å². The van der Waals surface area contributed by atoms with E-state index in [1.807, 2.05) is 81.4 Å². The normalized spacial score (nSPS) is 11.9. The molecule has 0 heterocycles. The van der Waals surface area contributed by atoms with Crippen LogP contribution in [0.2, 0.25) is 0 Å². The van der Waals surface area contributed by atoms with E-state index in [2.05, 4.69) is 5.32 Å². The summed E-state index contributed by atoms with van der Waals surface area (Å²) in [6.07, 6.45) is 0.278. The van der Waals surface area contributed by atoms with Gasteiger partial charge in [0.15, 0.2) is 0 Å². The summed E-state index contributed by atoms with van der Waals surface area (Å²) < 4.78 is 29.1. The molecule has 0 aromatic heterocycles. The third-order valence-electron chi connectivity index (χ3n) is 7.00. The number of nitrogens with one attached hydrogen (secondary N) is 1. The summed E-state index contributed by atoms with van der Waals surface area (Å²) in [7, 11) is -4.11. The van der Waals surface area contributed by atoms with Gasteiger partial charge in [-0.2, -0.15) is 0 Å². The highest BCUT2D eigenvalue weighted by atomic mass is 32.2. The summed E-state index contributed by atoms with van der Waals surface area (Å²) in [5, 5.41) is 2.88. The molecule has 0 aliphatic rings. The van der Waals surface area contributed by atoms with E-state index in [-0.39, 0.29) is 23.8 Å². The molecule has 0 saturated heterocycles. The van der Waals surface area contributed by atoms with Gasteiger partial charge in [0, 0.05) is 19.5 Å². The van der Waals surface area contributed by atoms with Crippen molar-refractivity contribution >= 4 is 27.5 Å². The van der Waals surface area contributed by atoms with E-state index in [0.29, 0.717) is 12.2 Å². The van der Waals surface area contributed by atoms with Gasteiger partial charge in [0.2, 0.25) is 11.8 Å². The maximum absolute atomic E-state index is 14.3. The van der Waals surface area contributed by atoms with Crippen LogP contribution in [0.1, 0.15) is 29.2 Å². The van der Waals surface area contributed by atoms with E-state index in [9.17, 15) is 18.0 Å². The monoisotopic (exact) mass is 583 g/mol. The average molecular weight is 584 g/mol. The van der Waals surface area contributed by atoms with Crippen LogP contribution >= 0.6 is 0 Å². The van der Waals surface area contributed by atoms with Crippen molar-refractivity contribution in [1.82, 2.24) is 10.2 Å². The minimum absolute atomic E-state index is 0.0777. The molecular formula is C34H37N3O4S. The number of hydrogen-bond acceptors (Lipinski definition) is 4. The molecule has 0 fully saturated rings. The molecule has 0 saturated carbocycles. The zero-order chi connectivity index (χ0) is 30.1. The maximum atomic E-state index is 14.3. The molecule has 218 valence electrons. The fraction of sp³-hybridized carbons (Fsp3) is 0.235. The lowest BCUT2D eigenvalue weighted by Gasteiger charge is -2.34. The van der Waals surface area contributed by atoms with Crippen molar-refractivity contribution in [3.05, 3.63) is 131 Å². The molecule has 0 spiro atoms. The van der Waals surface area contributed by atoms with Gasteiger partial charge in [0.05, 0.1) is 10.6 Å². The Bertz CT molecular complexity index is 1590. The first-order valence-electron chi connectivity index (χ1n) is 14.0. The molecule has 4 rings (SSSR count). The summed E-state index contributed by atoms with van der Waals surface area (Å²) in [5.74, 6) is -0.779. The molecule has 0 radical (unpaired) electrons. The number of rotatable bonds is 12. The van der Waals surface area contributed by atoms with Crippen LogP contribution in [0.25, 0.3) is 0 Å². The van der Waals surface area contributed by atoms with Crippen LogP contribution in [-0.2, 0) is 32.6 Å². The third-order valence-corrected chi connectivity index (χ3v) is 8.78. The largest absolute Gasteiger partial charge is 0.355 e. The molecule has 0 aliphatic carbocycles. The van der Waals surface area contributed by atoms with E-state index in [1.54, 1.807) is 36.4 Å². The van der Waals surface area contributed by atoms with Crippen molar-refractivity contribution in [2.24, 2.45) is 0 Å². The number of aryl methyl sites for hydroxylation is 2. The molecule has 1 atom stereocenters. The number of benzene rings is 4. The van der Waals surface area contributed by atoms with Crippen LogP contribution < -0.4 is 9.62 Å². The summed E-state index contributed by atoms with van der Waals surface area (Å²) in [4.78, 5) is 29.4. The molecule has 4 aromatic carbocycles. The van der Waals surface area contributed by atoms with Gasteiger partial charge in [-0.15, -0.1) is 0 Å². The standard InChI is InChI=1S/C34H37N3O4S/c1-4-35-34(39)32(23-28-13-7-5-8-14-28)36(24-29-20-18-26(2)19-21-29)33(38)25-37(30-15-11-12-27(3)22-30)42(40,41)31-16-9-6-10-17-31/h5-22,32H,4,23-25H2,1-3H3,(H,35,39)/t32-/m1/s1. The van der Waals surface area contributed by atoms with Gasteiger partial charge in [-0.05, 0) is 61.7 Å². The van der Waals surface area contributed by atoms with Gasteiger partial charge in [-0.1, -0.05) is 90.5 Å². The lowest BCUT2D eigenvalue weighted by atomic mass is 10.0. The fourth-order valence-corrected chi connectivity index (χ4v) is 6.19. The number of carbonyl (C=O) groups excluding carboxylic acids is 2. The first kappa shape index (κ1) is 30.5. The van der Waals surface area contributed by atoms with Gasteiger partial charge in [-0.3, -0.25) is 13.9 Å². The second-order valence-electron chi connectivity index (χ2n) is 10.3. The van der Waals surface area contributed by atoms with Crippen molar-refractivity contribution < 1.29 is 18.0 Å². The van der Waals surface area contributed by atoms with Crippen LogP contribution in [0.3, 0.4) is 0 Å². The highest BCUT2D eigenvalue weighted by Gasteiger charge is 2.34. The first-order valence-corrected chi connectivity index (χ1v) is 15.4. The summed E-state index contributed by atoms with van der Waals surface area (Å²) in [5.41, 5.74) is 4.03. The minimum atomic E-state index is -4.11. The Morgan fingerprint density at radius 2 is 1.40 bits per heavy atom. The molecule has 0 unspecified atom stereocenters. The topological polar surface area (TPSA) is 86.8 Å². The SMILES string of the molecule is CCNC(=O)[C@@H](Cc1ccccc1)N(Cc1ccc(C)cc1)C(=O)CN(c1cccc(C)c1)S(=O)(=O)c1ccccc1. The molecule has 4 aromatic rings.